The number of hydrogen-bond donors (Lipinski definition) is 1. The van der Waals surface area contributed by atoms with Gasteiger partial charge in [0, 0.05) is 13.3 Å². The maximum Gasteiger partial charge on any atom is 0.306 e. The van der Waals surface area contributed by atoms with Crippen LogP contribution < -0.4 is 0 Å². The van der Waals surface area contributed by atoms with Crippen LogP contribution in [0.2, 0.25) is 0 Å². The molecule has 0 aromatic rings. The first-order valence-electron chi connectivity index (χ1n) is 11.4. The van der Waals surface area contributed by atoms with E-state index in [0.717, 1.165) is 25.2 Å². The zero-order valence-electron chi connectivity index (χ0n) is 18.5. The lowest BCUT2D eigenvalue weighted by molar-refractivity contribution is -0.160. The lowest BCUT2D eigenvalue weighted by Gasteiger charge is -2.15. The predicted molar refractivity (Wildman–Crippen MR) is 113 cm³/mol. The van der Waals surface area contributed by atoms with Gasteiger partial charge in [-0.3, -0.25) is 9.59 Å². The number of carbonyl (C=O) groups is 2. The third-order valence-electron chi connectivity index (χ3n) is 4.89. The molecule has 0 radical (unpaired) electrons. The summed E-state index contributed by atoms with van der Waals surface area (Å²) in [6.45, 7) is 5.45. The van der Waals surface area contributed by atoms with Crippen molar-refractivity contribution in [2.45, 2.75) is 117 Å². The minimum Gasteiger partial charge on any atom is -0.462 e. The Balaban J connectivity index is 3.36. The topological polar surface area (TPSA) is 72.8 Å². The zero-order valence-corrected chi connectivity index (χ0v) is 18.5. The predicted octanol–water partition coefficient (Wildman–Crippen LogP) is 5.57. The van der Waals surface area contributed by atoms with E-state index in [9.17, 15) is 9.59 Å². The second-order valence-electron chi connectivity index (χ2n) is 8.27. The van der Waals surface area contributed by atoms with Gasteiger partial charge < -0.3 is 14.6 Å². The first-order chi connectivity index (χ1) is 13.5. The fraction of sp³-hybridized carbons (Fsp3) is 0.913. The van der Waals surface area contributed by atoms with Crippen LogP contribution in [0.25, 0.3) is 0 Å². The summed E-state index contributed by atoms with van der Waals surface area (Å²) in [5, 5.41) is 9.12. The molecule has 0 saturated heterocycles. The van der Waals surface area contributed by atoms with Gasteiger partial charge in [-0.25, -0.2) is 0 Å². The molecule has 0 aliphatic rings. The standard InChI is InChI=1S/C23H44O5/c1-20(2)16-14-12-10-8-6-4-5-7-9-11-13-15-17-23(26)28-22(18-24)19-27-21(3)25/h20,22,24H,4-19H2,1-3H3. The number of esters is 2. The molecule has 0 heterocycles. The molecule has 0 spiro atoms. The highest BCUT2D eigenvalue weighted by atomic mass is 16.6. The first-order valence-corrected chi connectivity index (χ1v) is 11.4. The van der Waals surface area contributed by atoms with E-state index in [0.29, 0.717) is 6.42 Å². The van der Waals surface area contributed by atoms with Crippen LogP contribution in [0.3, 0.4) is 0 Å². The van der Waals surface area contributed by atoms with Crippen molar-refractivity contribution in [3.63, 3.8) is 0 Å². The summed E-state index contributed by atoms with van der Waals surface area (Å²) in [6, 6.07) is 0. The Morgan fingerprint density at radius 2 is 1.25 bits per heavy atom. The largest absolute Gasteiger partial charge is 0.462 e. The van der Waals surface area contributed by atoms with Gasteiger partial charge in [-0.05, 0) is 12.3 Å². The molecule has 1 unspecified atom stereocenters. The van der Waals surface area contributed by atoms with Crippen molar-refractivity contribution in [1.82, 2.24) is 0 Å². The molecule has 0 saturated carbocycles. The summed E-state index contributed by atoms with van der Waals surface area (Å²) in [6.07, 6.45) is 16.1. The molecule has 5 heteroatoms. The van der Waals surface area contributed by atoms with Crippen LogP contribution >= 0.6 is 0 Å². The maximum absolute atomic E-state index is 11.7. The number of aliphatic hydroxyl groups excluding tert-OH is 1. The van der Waals surface area contributed by atoms with Crippen molar-refractivity contribution in [3.05, 3.63) is 0 Å². The van der Waals surface area contributed by atoms with Crippen molar-refractivity contribution in [2.75, 3.05) is 13.2 Å². The van der Waals surface area contributed by atoms with Crippen LogP contribution in [-0.2, 0) is 19.1 Å². The Bertz CT molecular complexity index is 381. The van der Waals surface area contributed by atoms with Crippen LogP contribution in [0.1, 0.15) is 111 Å². The summed E-state index contributed by atoms with van der Waals surface area (Å²) in [5.74, 6) is 0.0613. The van der Waals surface area contributed by atoms with Crippen LogP contribution in [0.5, 0.6) is 0 Å². The number of unbranched alkanes of at least 4 members (excludes halogenated alkanes) is 11. The molecule has 1 atom stereocenters. The first kappa shape index (κ1) is 26.9. The fourth-order valence-corrected chi connectivity index (χ4v) is 3.17. The van der Waals surface area contributed by atoms with Crippen molar-refractivity contribution in [3.8, 4) is 0 Å². The molecule has 0 rings (SSSR count). The van der Waals surface area contributed by atoms with Gasteiger partial charge in [0.05, 0.1) is 6.61 Å². The van der Waals surface area contributed by atoms with Crippen LogP contribution in [0.15, 0.2) is 0 Å². The van der Waals surface area contributed by atoms with E-state index in [4.69, 9.17) is 14.6 Å². The molecule has 0 aromatic heterocycles. The van der Waals surface area contributed by atoms with E-state index in [1.165, 1.54) is 71.1 Å². The third kappa shape index (κ3) is 19.7. The maximum atomic E-state index is 11.7. The van der Waals surface area contributed by atoms with Gasteiger partial charge in [-0.1, -0.05) is 90.9 Å². The van der Waals surface area contributed by atoms with E-state index in [2.05, 4.69) is 13.8 Å². The molecule has 0 aromatic carbocycles. The Hall–Kier alpha value is -1.10. The van der Waals surface area contributed by atoms with Gasteiger partial charge >= 0.3 is 11.9 Å². The molecule has 0 bridgehead atoms. The number of ether oxygens (including phenoxy) is 2. The molecule has 5 nitrogen and oxygen atoms in total. The van der Waals surface area contributed by atoms with E-state index in [-0.39, 0.29) is 19.2 Å². The molecule has 28 heavy (non-hydrogen) atoms. The third-order valence-corrected chi connectivity index (χ3v) is 4.89. The van der Waals surface area contributed by atoms with Crippen molar-refractivity contribution >= 4 is 11.9 Å². The van der Waals surface area contributed by atoms with E-state index < -0.39 is 12.1 Å². The normalized spacial score (nSPS) is 12.2. The molecule has 0 fully saturated rings. The minimum atomic E-state index is -0.758. The summed E-state index contributed by atoms with van der Waals surface area (Å²) in [5.41, 5.74) is 0. The van der Waals surface area contributed by atoms with Gasteiger partial charge in [-0.2, -0.15) is 0 Å². The molecule has 1 N–H and O–H groups in total. The van der Waals surface area contributed by atoms with Crippen LogP contribution in [0.4, 0.5) is 0 Å². The minimum absolute atomic E-state index is 0.0878. The zero-order chi connectivity index (χ0) is 21.0. The summed E-state index contributed by atoms with van der Waals surface area (Å²) >= 11 is 0. The second kappa shape index (κ2) is 19.2. The number of carbonyl (C=O) groups excluding carboxylic acids is 2. The van der Waals surface area contributed by atoms with E-state index in [1.807, 2.05) is 0 Å². The number of rotatable bonds is 19. The van der Waals surface area contributed by atoms with Gasteiger partial charge in [0.2, 0.25) is 0 Å². The Morgan fingerprint density at radius 1 is 0.786 bits per heavy atom. The van der Waals surface area contributed by atoms with Gasteiger partial charge in [-0.15, -0.1) is 0 Å². The molecule has 0 aliphatic carbocycles. The van der Waals surface area contributed by atoms with Crippen LogP contribution in [0, 0.1) is 5.92 Å². The average molecular weight is 401 g/mol. The fourth-order valence-electron chi connectivity index (χ4n) is 3.17. The average Bonchev–Trinajstić information content (AvgIpc) is 2.64. The summed E-state index contributed by atoms with van der Waals surface area (Å²) in [4.78, 5) is 22.5. The summed E-state index contributed by atoms with van der Waals surface area (Å²) in [7, 11) is 0. The van der Waals surface area contributed by atoms with Crippen molar-refractivity contribution in [1.29, 1.82) is 0 Å². The highest BCUT2D eigenvalue weighted by Gasteiger charge is 2.14. The smallest absolute Gasteiger partial charge is 0.306 e. The van der Waals surface area contributed by atoms with Crippen molar-refractivity contribution in [2.24, 2.45) is 5.92 Å². The quantitative estimate of drug-likeness (QED) is 0.227. The summed E-state index contributed by atoms with van der Waals surface area (Å²) < 4.78 is 9.85. The Morgan fingerprint density at radius 3 is 1.68 bits per heavy atom. The molecular weight excluding hydrogens is 356 g/mol. The van der Waals surface area contributed by atoms with Crippen molar-refractivity contribution < 1.29 is 24.2 Å². The van der Waals surface area contributed by atoms with Gasteiger partial charge in [0.1, 0.15) is 6.61 Å². The lowest BCUT2D eigenvalue weighted by atomic mass is 10.0. The Labute approximate surface area is 172 Å². The van der Waals surface area contributed by atoms with E-state index in [1.54, 1.807) is 0 Å². The van der Waals surface area contributed by atoms with E-state index >= 15 is 0 Å². The number of aliphatic hydroxyl groups is 1. The Kier molecular flexibility index (Phi) is 18.5. The lowest BCUT2D eigenvalue weighted by Crippen LogP contribution is -2.28. The van der Waals surface area contributed by atoms with Gasteiger partial charge in [0.25, 0.3) is 0 Å². The van der Waals surface area contributed by atoms with Crippen LogP contribution in [-0.4, -0.2) is 36.4 Å². The SMILES string of the molecule is CC(=O)OCC(CO)OC(=O)CCCCCCCCCCCCCCC(C)C. The van der Waals surface area contributed by atoms with Gasteiger partial charge in [0.15, 0.2) is 6.10 Å². The second-order valence-corrected chi connectivity index (χ2v) is 8.27. The molecule has 0 amide bonds. The highest BCUT2D eigenvalue weighted by molar-refractivity contribution is 5.69. The molecular formula is C23H44O5. The molecule has 0 aliphatic heterocycles. The number of hydrogen-bond acceptors (Lipinski definition) is 5. The monoisotopic (exact) mass is 400 g/mol. The molecule has 166 valence electrons. The highest BCUT2D eigenvalue weighted by Crippen LogP contribution is 2.14.